The molecule has 0 amide bonds. The number of hydrogen-bond donors (Lipinski definition) is 2. The van der Waals surface area contributed by atoms with E-state index in [2.05, 4.69) is 26.8 Å². The summed E-state index contributed by atoms with van der Waals surface area (Å²) in [5.41, 5.74) is 1.44. The van der Waals surface area contributed by atoms with Crippen LogP contribution in [0.25, 0.3) is 0 Å². The van der Waals surface area contributed by atoms with Crippen LogP contribution in [0.1, 0.15) is 72.1 Å². The summed E-state index contributed by atoms with van der Waals surface area (Å²) in [6, 6.07) is 0. The van der Waals surface area contributed by atoms with E-state index in [9.17, 15) is 14.7 Å². The van der Waals surface area contributed by atoms with Gasteiger partial charge >= 0.3 is 5.97 Å². The Labute approximate surface area is 161 Å². The molecule has 6 atom stereocenters. The second kappa shape index (κ2) is 6.04. The largest absolute Gasteiger partial charge is 0.481 e. The van der Waals surface area contributed by atoms with Gasteiger partial charge in [0.05, 0.1) is 5.60 Å². The van der Waals surface area contributed by atoms with E-state index in [0.717, 1.165) is 25.7 Å². The van der Waals surface area contributed by atoms with Crippen molar-refractivity contribution in [3.05, 3.63) is 23.3 Å². The van der Waals surface area contributed by atoms with Gasteiger partial charge in [0, 0.05) is 12.8 Å². The third-order valence-electron chi connectivity index (χ3n) is 8.90. The molecule has 4 nitrogen and oxygen atoms in total. The zero-order chi connectivity index (χ0) is 19.6. The van der Waals surface area contributed by atoms with Crippen LogP contribution in [-0.2, 0) is 9.59 Å². The van der Waals surface area contributed by atoms with Crippen molar-refractivity contribution in [2.45, 2.75) is 77.7 Å². The van der Waals surface area contributed by atoms with Gasteiger partial charge in [-0.25, -0.2) is 0 Å². The Morgan fingerprint density at radius 3 is 2.59 bits per heavy atom. The van der Waals surface area contributed by atoms with Gasteiger partial charge in [0.15, 0.2) is 5.78 Å². The number of rotatable bonds is 3. The highest BCUT2D eigenvalue weighted by Gasteiger charge is 2.63. The van der Waals surface area contributed by atoms with Gasteiger partial charge in [-0.2, -0.15) is 0 Å². The Hall–Kier alpha value is -1.42. The van der Waals surface area contributed by atoms with E-state index < -0.39 is 11.6 Å². The van der Waals surface area contributed by atoms with Gasteiger partial charge in [0.25, 0.3) is 0 Å². The molecule has 0 aromatic rings. The van der Waals surface area contributed by atoms with E-state index in [1.165, 1.54) is 11.1 Å². The Bertz CT molecular complexity index is 749. The molecule has 0 radical (unpaired) electrons. The molecule has 3 unspecified atom stereocenters. The molecular formula is C23H32O4. The van der Waals surface area contributed by atoms with E-state index in [4.69, 9.17) is 5.11 Å². The number of carbonyl (C=O) groups is 2. The quantitative estimate of drug-likeness (QED) is 0.775. The SMILES string of the molecule is CC1=CC2C(CC[C@@]3(C)C2CC[C@@]3(O)CCC(=O)O)[C@@]2(C)CCC(=O)C=C12. The van der Waals surface area contributed by atoms with Crippen LogP contribution in [0.2, 0.25) is 0 Å². The number of allylic oxidation sites excluding steroid dienone is 4. The third-order valence-corrected chi connectivity index (χ3v) is 8.90. The van der Waals surface area contributed by atoms with Crippen molar-refractivity contribution >= 4 is 11.8 Å². The maximum absolute atomic E-state index is 12.0. The summed E-state index contributed by atoms with van der Waals surface area (Å²) in [4.78, 5) is 23.1. The van der Waals surface area contributed by atoms with Crippen LogP contribution in [0.15, 0.2) is 23.3 Å². The van der Waals surface area contributed by atoms with E-state index >= 15 is 0 Å². The molecule has 4 rings (SSSR count). The molecule has 0 aliphatic heterocycles. The molecular weight excluding hydrogens is 340 g/mol. The molecule has 2 N–H and O–H groups in total. The predicted octanol–water partition coefficient (Wildman–Crippen LogP) is 4.28. The van der Waals surface area contributed by atoms with Crippen LogP contribution in [0, 0.1) is 28.6 Å². The number of ketones is 1. The molecule has 0 heterocycles. The molecule has 4 aliphatic carbocycles. The fraction of sp³-hybridized carbons (Fsp3) is 0.739. The molecule has 0 bridgehead atoms. The molecule has 0 spiro atoms. The zero-order valence-corrected chi connectivity index (χ0v) is 16.8. The summed E-state index contributed by atoms with van der Waals surface area (Å²) in [7, 11) is 0. The van der Waals surface area contributed by atoms with Crippen molar-refractivity contribution in [2.24, 2.45) is 28.6 Å². The summed E-state index contributed by atoms with van der Waals surface area (Å²) >= 11 is 0. The minimum absolute atomic E-state index is 0.0362. The van der Waals surface area contributed by atoms with Gasteiger partial charge in [0.2, 0.25) is 0 Å². The minimum Gasteiger partial charge on any atom is -0.481 e. The molecule has 2 fully saturated rings. The van der Waals surface area contributed by atoms with Crippen LogP contribution in [0.3, 0.4) is 0 Å². The van der Waals surface area contributed by atoms with Gasteiger partial charge in [-0.15, -0.1) is 0 Å². The van der Waals surface area contributed by atoms with E-state index in [-0.39, 0.29) is 23.0 Å². The topological polar surface area (TPSA) is 74.6 Å². The summed E-state index contributed by atoms with van der Waals surface area (Å²) in [6.07, 6.45) is 9.87. The van der Waals surface area contributed by atoms with Gasteiger partial charge in [0.1, 0.15) is 0 Å². The molecule has 4 heteroatoms. The highest BCUT2D eigenvalue weighted by atomic mass is 16.4. The first-order valence-electron chi connectivity index (χ1n) is 10.5. The summed E-state index contributed by atoms with van der Waals surface area (Å²) < 4.78 is 0. The second-order valence-corrected chi connectivity index (χ2v) is 10.0. The lowest BCUT2D eigenvalue weighted by atomic mass is 9.47. The van der Waals surface area contributed by atoms with Crippen LogP contribution >= 0.6 is 0 Å². The third kappa shape index (κ3) is 2.59. The summed E-state index contributed by atoms with van der Waals surface area (Å²) in [6.45, 7) is 6.67. The molecule has 0 saturated heterocycles. The number of aliphatic carboxylic acids is 1. The lowest BCUT2D eigenvalue weighted by Crippen LogP contribution is -2.54. The fourth-order valence-electron chi connectivity index (χ4n) is 7.25. The Morgan fingerprint density at radius 1 is 1.19 bits per heavy atom. The summed E-state index contributed by atoms with van der Waals surface area (Å²) in [5.74, 6) is 0.740. The fourth-order valence-corrected chi connectivity index (χ4v) is 7.25. The second-order valence-electron chi connectivity index (χ2n) is 10.0. The van der Waals surface area contributed by atoms with Gasteiger partial charge in [-0.05, 0) is 85.7 Å². The van der Waals surface area contributed by atoms with Crippen molar-refractivity contribution in [1.29, 1.82) is 0 Å². The zero-order valence-electron chi connectivity index (χ0n) is 16.8. The highest BCUT2D eigenvalue weighted by molar-refractivity contribution is 5.92. The van der Waals surface area contributed by atoms with Crippen LogP contribution in [-0.4, -0.2) is 27.6 Å². The molecule has 148 valence electrons. The molecule has 0 aromatic heterocycles. The molecule has 2 saturated carbocycles. The minimum atomic E-state index is -0.873. The number of carbonyl (C=O) groups excluding carboxylic acids is 1. The van der Waals surface area contributed by atoms with Crippen LogP contribution in [0.4, 0.5) is 0 Å². The summed E-state index contributed by atoms with van der Waals surface area (Å²) in [5, 5.41) is 20.6. The lowest BCUT2D eigenvalue weighted by Gasteiger charge is -2.58. The number of carboxylic acid groups (broad SMARTS) is 1. The van der Waals surface area contributed by atoms with E-state index in [0.29, 0.717) is 37.0 Å². The van der Waals surface area contributed by atoms with Gasteiger partial charge in [-0.1, -0.05) is 25.5 Å². The highest BCUT2D eigenvalue weighted by Crippen LogP contribution is 2.67. The van der Waals surface area contributed by atoms with Crippen molar-refractivity contribution < 1.29 is 19.8 Å². The molecule has 4 aliphatic rings. The Balaban J connectivity index is 1.70. The van der Waals surface area contributed by atoms with Crippen LogP contribution < -0.4 is 0 Å². The van der Waals surface area contributed by atoms with Crippen molar-refractivity contribution in [3.8, 4) is 0 Å². The smallest absolute Gasteiger partial charge is 0.303 e. The first-order chi connectivity index (χ1) is 12.6. The maximum atomic E-state index is 12.0. The van der Waals surface area contributed by atoms with E-state index in [1.54, 1.807) is 0 Å². The number of aliphatic hydroxyl groups is 1. The first kappa shape index (κ1) is 18.9. The maximum Gasteiger partial charge on any atom is 0.303 e. The first-order valence-corrected chi connectivity index (χ1v) is 10.5. The standard InChI is InChI=1S/C23H32O4/c1-14-12-16-17(21(2)8-4-15(24)13-19(14)21)5-9-22(3)18(16)6-10-23(22,27)11-7-20(25)26/h12-13,16-18,27H,4-11H2,1-3H3,(H,25,26)/t16?,17?,18?,21-,22+,23-/m1/s1. The predicted molar refractivity (Wildman–Crippen MR) is 103 cm³/mol. The van der Waals surface area contributed by atoms with Crippen molar-refractivity contribution in [2.75, 3.05) is 0 Å². The number of carboxylic acids is 1. The monoisotopic (exact) mass is 372 g/mol. The number of hydrogen-bond acceptors (Lipinski definition) is 3. The van der Waals surface area contributed by atoms with Crippen molar-refractivity contribution in [1.82, 2.24) is 0 Å². The van der Waals surface area contributed by atoms with Gasteiger partial charge in [-0.3, -0.25) is 9.59 Å². The normalized spacial score (nSPS) is 46.1. The van der Waals surface area contributed by atoms with E-state index in [1.807, 2.05) is 6.08 Å². The average molecular weight is 373 g/mol. The lowest BCUT2D eigenvalue weighted by molar-refractivity contribution is -0.144. The van der Waals surface area contributed by atoms with Gasteiger partial charge < -0.3 is 10.2 Å². The molecule has 0 aromatic carbocycles. The Morgan fingerprint density at radius 2 is 1.89 bits per heavy atom. The number of fused-ring (bicyclic) bond motifs is 5. The van der Waals surface area contributed by atoms with Crippen molar-refractivity contribution in [3.63, 3.8) is 0 Å². The Kier molecular flexibility index (Phi) is 4.23. The molecule has 27 heavy (non-hydrogen) atoms. The average Bonchev–Trinajstić information content (AvgIpc) is 2.87. The van der Waals surface area contributed by atoms with Crippen LogP contribution in [0.5, 0.6) is 0 Å².